The Balaban J connectivity index is 2.16. The quantitative estimate of drug-likeness (QED) is 0.756. The fraction of sp³-hybridized carbons (Fsp3) is 0.333. The van der Waals surface area contributed by atoms with E-state index >= 15 is 0 Å². The van der Waals surface area contributed by atoms with Crippen LogP contribution in [-0.4, -0.2) is 25.2 Å². The van der Waals surface area contributed by atoms with E-state index < -0.39 is 0 Å². The third kappa shape index (κ3) is 2.28. The van der Waals surface area contributed by atoms with Crippen molar-refractivity contribution in [2.24, 2.45) is 5.73 Å². The maximum absolute atomic E-state index is 5.53. The molecule has 0 bridgehead atoms. The van der Waals surface area contributed by atoms with Gasteiger partial charge in [0.1, 0.15) is 5.75 Å². The summed E-state index contributed by atoms with van der Waals surface area (Å²) in [6.45, 7) is 1.29. The van der Waals surface area contributed by atoms with E-state index in [1.807, 2.05) is 24.3 Å². The minimum atomic E-state index is 0.639. The number of benzene rings is 1. The molecule has 1 aromatic carbocycles. The number of rotatable bonds is 5. The maximum Gasteiger partial charge on any atom is 0.191 e. The van der Waals surface area contributed by atoms with Gasteiger partial charge in [0.05, 0.1) is 19.2 Å². The zero-order valence-corrected chi connectivity index (χ0v) is 9.32. The minimum Gasteiger partial charge on any atom is -0.497 e. The van der Waals surface area contributed by atoms with E-state index in [2.05, 4.69) is 4.98 Å². The van der Waals surface area contributed by atoms with Crippen molar-refractivity contribution in [2.75, 3.05) is 20.3 Å². The summed E-state index contributed by atoms with van der Waals surface area (Å²) in [5, 5.41) is 1.11. The van der Waals surface area contributed by atoms with Gasteiger partial charge >= 0.3 is 0 Å². The molecule has 0 unspecified atom stereocenters. The lowest BCUT2D eigenvalue weighted by Gasteiger charge is -2.00. The van der Waals surface area contributed by atoms with E-state index in [1.165, 1.54) is 0 Å². The van der Waals surface area contributed by atoms with Gasteiger partial charge in [0.25, 0.3) is 0 Å². The average molecular weight is 220 g/mol. The van der Waals surface area contributed by atoms with Crippen LogP contribution in [0, 0.1) is 0 Å². The lowest BCUT2D eigenvalue weighted by Crippen LogP contribution is -2.06. The van der Waals surface area contributed by atoms with Crippen molar-refractivity contribution in [2.45, 2.75) is 6.42 Å². The molecule has 0 saturated carbocycles. The van der Waals surface area contributed by atoms with Gasteiger partial charge in [-0.05, 0) is 25.1 Å². The van der Waals surface area contributed by atoms with E-state index in [0.717, 1.165) is 29.0 Å². The van der Waals surface area contributed by atoms with Crippen molar-refractivity contribution < 1.29 is 9.47 Å². The molecule has 2 aromatic rings. The molecule has 0 radical (unpaired) electrons. The summed E-state index contributed by atoms with van der Waals surface area (Å²) in [5.74, 6) is 1.61. The topological polar surface area (TPSA) is 60.3 Å². The van der Waals surface area contributed by atoms with E-state index in [4.69, 9.17) is 15.2 Å². The first-order valence-electron chi connectivity index (χ1n) is 5.33. The molecule has 0 fully saturated rings. The van der Waals surface area contributed by atoms with Gasteiger partial charge in [0.15, 0.2) is 5.88 Å². The van der Waals surface area contributed by atoms with Crippen molar-refractivity contribution in [3.63, 3.8) is 0 Å². The van der Waals surface area contributed by atoms with Gasteiger partial charge in [-0.2, -0.15) is 0 Å². The molecule has 1 aromatic heterocycles. The number of aromatic amines is 1. The first-order chi connectivity index (χ1) is 7.83. The Kier molecular flexibility index (Phi) is 3.31. The smallest absolute Gasteiger partial charge is 0.191 e. The molecule has 0 saturated heterocycles. The third-order valence-corrected chi connectivity index (χ3v) is 2.41. The summed E-state index contributed by atoms with van der Waals surface area (Å²) in [4.78, 5) is 3.19. The van der Waals surface area contributed by atoms with Crippen LogP contribution in [0.1, 0.15) is 6.42 Å². The zero-order valence-electron chi connectivity index (χ0n) is 9.32. The Bertz CT molecular complexity index is 465. The number of methoxy groups -OCH3 is 1. The molecule has 0 spiro atoms. The van der Waals surface area contributed by atoms with Crippen LogP contribution < -0.4 is 15.2 Å². The van der Waals surface area contributed by atoms with Gasteiger partial charge in [0, 0.05) is 17.5 Å². The van der Waals surface area contributed by atoms with Crippen molar-refractivity contribution in [1.82, 2.24) is 4.98 Å². The van der Waals surface area contributed by atoms with Crippen LogP contribution in [0.25, 0.3) is 10.9 Å². The van der Waals surface area contributed by atoms with Gasteiger partial charge in [-0.1, -0.05) is 0 Å². The van der Waals surface area contributed by atoms with Gasteiger partial charge < -0.3 is 20.2 Å². The van der Waals surface area contributed by atoms with E-state index in [9.17, 15) is 0 Å². The molecule has 0 atom stereocenters. The largest absolute Gasteiger partial charge is 0.497 e. The number of H-pyrrole nitrogens is 1. The van der Waals surface area contributed by atoms with Crippen molar-refractivity contribution in [1.29, 1.82) is 0 Å². The highest BCUT2D eigenvalue weighted by Crippen LogP contribution is 2.24. The van der Waals surface area contributed by atoms with Crippen LogP contribution in [0.3, 0.4) is 0 Å². The fourth-order valence-corrected chi connectivity index (χ4v) is 1.55. The standard InChI is InChI=1S/C12H16N2O2/c1-15-10-4-3-9-7-12(14-11(9)8-10)16-6-2-5-13/h3-4,7-8,14H,2,5-6,13H2,1H3. The number of nitrogens with two attached hydrogens (primary N) is 1. The Morgan fingerprint density at radius 3 is 2.94 bits per heavy atom. The lowest BCUT2D eigenvalue weighted by atomic mass is 10.2. The molecule has 4 heteroatoms. The van der Waals surface area contributed by atoms with Crippen LogP contribution in [0.2, 0.25) is 0 Å². The summed E-state index contributed by atoms with van der Waals surface area (Å²) >= 11 is 0. The highest BCUT2D eigenvalue weighted by molar-refractivity contribution is 5.82. The Labute approximate surface area is 94.3 Å². The lowest BCUT2D eigenvalue weighted by molar-refractivity contribution is 0.304. The highest BCUT2D eigenvalue weighted by Gasteiger charge is 2.02. The number of hydrogen-bond acceptors (Lipinski definition) is 3. The SMILES string of the molecule is COc1ccc2cc(OCCCN)[nH]c2c1. The van der Waals surface area contributed by atoms with Gasteiger partial charge in [0.2, 0.25) is 0 Å². The third-order valence-electron chi connectivity index (χ3n) is 2.41. The number of aromatic nitrogens is 1. The maximum atomic E-state index is 5.53. The molecule has 3 N–H and O–H groups in total. The molecule has 0 aliphatic carbocycles. The zero-order chi connectivity index (χ0) is 11.4. The van der Waals surface area contributed by atoms with Gasteiger partial charge in [-0.3, -0.25) is 0 Å². The Hall–Kier alpha value is -1.68. The molecular weight excluding hydrogens is 204 g/mol. The van der Waals surface area contributed by atoms with Crippen molar-refractivity contribution in [3.05, 3.63) is 24.3 Å². The summed E-state index contributed by atoms with van der Waals surface area (Å²) in [7, 11) is 1.66. The molecule has 0 aliphatic heterocycles. The number of fused-ring (bicyclic) bond motifs is 1. The molecule has 86 valence electrons. The Morgan fingerprint density at radius 1 is 1.31 bits per heavy atom. The summed E-state index contributed by atoms with van der Waals surface area (Å²) in [5.41, 5.74) is 6.41. The molecule has 0 aliphatic rings. The van der Waals surface area contributed by atoms with Crippen molar-refractivity contribution >= 4 is 10.9 Å². The van der Waals surface area contributed by atoms with Crippen LogP contribution in [-0.2, 0) is 0 Å². The second-order valence-corrected chi connectivity index (χ2v) is 3.58. The molecular formula is C12H16N2O2. The van der Waals surface area contributed by atoms with Gasteiger partial charge in [-0.25, -0.2) is 0 Å². The summed E-state index contributed by atoms with van der Waals surface area (Å²) < 4.78 is 10.7. The van der Waals surface area contributed by atoms with Crippen LogP contribution in [0.15, 0.2) is 24.3 Å². The van der Waals surface area contributed by atoms with Gasteiger partial charge in [-0.15, -0.1) is 0 Å². The number of hydrogen-bond donors (Lipinski definition) is 2. The predicted molar refractivity (Wildman–Crippen MR) is 64.0 cm³/mol. The van der Waals surface area contributed by atoms with Crippen LogP contribution >= 0.6 is 0 Å². The highest BCUT2D eigenvalue weighted by atomic mass is 16.5. The van der Waals surface area contributed by atoms with Crippen LogP contribution in [0.5, 0.6) is 11.6 Å². The normalized spacial score (nSPS) is 10.6. The second kappa shape index (κ2) is 4.90. The van der Waals surface area contributed by atoms with E-state index in [0.29, 0.717) is 13.2 Å². The molecule has 0 amide bonds. The first-order valence-corrected chi connectivity index (χ1v) is 5.33. The van der Waals surface area contributed by atoms with E-state index in [1.54, 1.807) is 7.11 Å². The molecule has 1 heterocycles. The predicted octanol–water partition coefficient (Wildman–Crippen LogP) is 1.90. The molecule has 2 rings (SSSR count). The molecule has 16 heavy (non-hydrogen) atoms. The second-order valence-electron chi connectivity index (χ2n) is 3.58. The fourth-order valence-electron chi connectivity index (χ4n) is 1.55. The van der Waals surface area contributed by atoms with Crippen LogP contribution in [0.4, 0.5) is 0 Å². The monoisotopic (exact) mass is 220 g/mol. The van der Waals surface area contributed by atoms with E-state index in [-0.39, 0.29) is 0 Å². The number of nitrogens with one attached hydrogen (secondary N) is 1. The number of ether oxygens (including phenoxy) is 2. The minimum absolute atomic E-state index is 0.639. The first kappa shape index (κ1) is 10.8. The molecule has 4 nitrogen and oxygen atoms in total. The summed E-state index contributed by atoms with van der Waals surface area (Å²) in [6.07, 6.45) is 0.860. The average Bonchev–Trinajstić information content (AvgIpc) is 2.70. The Morgan fingerprint density at radius 2 is 2.19 bits per heavy atom. The summed E-state index contributed by atoms with van der Waals surface area (Å²) in [6, 6.07) is 7.86. The van der Waals surface area contributed by atoms with Crippen molar-refractivity contribution in [3.8, 4) is 11.6 Å².